The summed E-state index contributed by atoms with van der Waals surface area (Å²) in [7, 11) is 0. The summed E-state index contributed by atoms with van der Waals surface area (Å²) in [5, 5.41) is 13.1. The van der Waals surface area contributed by atoms with Gasteiger partial charge in [-0.05, 0) is 43.9 Å². The van der Waals surface area contributed by atoms with E-state index in [4.69, 9.17) is 0 Å². The fraction of sp³-hybridized carbons (Fsp3) is 0.500. The van der Waals surface area contributed by atoms with Gasteiger partial charge in [0.2, 0.25) is 0 Å². The van der Waals surface area contributed by atoms with Crippen LogP contribution >= 0.6 is 0 Å². The van der Waals surface area contributed by atoms with Gasteiger partial charge in [0, 0.05) is 6.54 Å². The monoisotopic (exact) mass is 271 g/mol. The van der Waals surface area contributed by atoms with Crippen molar-refractivity contribution in [3.63, 3.8) is 0 Å². The highest BCUT2D eigenvalue weighted by Gasteiger charge is 2.19. The maximum atomic E-state index is 9.66. The van der Waals surface area contributed by atoms with Crippen LogP contribution in [0.1, 0.15) is 31.4 Å². The Morgan fingerprint density at radius 1 is 1.20 bits per heavy atom. The van der Waals surface area contributed by atoms with Gasteiger partial charge in [-0.2, -0.15) is 0 Å². The van der Waals surface area contributed by atoms with Gasteiger partial charge < -0.3 is 10.4 Å². The molecule has 0 radical (unpaired) electrons. The third-order valence-corrected chi connectivity index (χ3v) is 3.99. The maximum Gasteiger partial charge on any atom is 0.0890 e. The Morgan fingerprint density at radius 3 is 2.90 bits per heavy atom. The van der Waals surface area contributed by atoms with Crippen molar-refractivity contribution < 1.29 is 5.11 Å². The van der Waals surface area contributed by atoms with Crippen LogP contribution in [0.4, 0.5) is 0 Å². The number of aromatic nitrogens is 2. The van der Waals surface area contributed by atoms with E-state index < -0.39 is 0 Å². The van der Waals surface area contributed by atoms with E-state index in [2.05, 4.69) is 15.3 Å². The van der Waals surface area contributed by atoms with Gasteiger partial charge in [0.1, 0.15) is 0 Å². The van der Waals surface area contributed by atoms with Gasteiger partial charge in [-0.3, -0.25) is 4.98 Å². The van der Waals surface area contributed by atoms with E-state index in [0.717, 1.165) is 49.1 Å². The second-order valence-electron chi connectivity index (χ2n) is 5.67. The van der Waals surface area contributed by atoms with Crippen LogP contribution in [0, 0.1) is 5.92 Å². The quantitative estimate of drug-likeness (QED) is 0.895. The number of fused-ring (bicyclic) bond motifs is 1. The topological polar surface area (TPSA) is 58.0 Å². The molecule has 20 heavy (non-hydrogen) atoms. The standard InChI is InChI=1S/C16H21N3O/c20-14-5-3-4-12(8-14)9-17-10-13-11-18-15-6-1-2-7-16(15)19-13/h1-2,6-7,11-12,14,17,20H,3-5,8-10H2. The summed E-state index contributed by atoms with van der Waals surface area (Å²) < 4.78 is 0. The molecule has 1 fully saturated rings. The molecule has 0 spiro atoms. The number of rotatable bonds is 4. The van der Waals surface area contributed by atoms with Gasteiger partial charge >= 0.3 is 0 Å². The second-order valence-corrected chi connectivity index (χ2v) is 5.67. The minimum absolute atomic E-state index is 0.101. The number of hydrogen-bond donors (Lipinski definition) is 2. The molecule has 1 aromatic carbocycles. The molecule has 2 N–H and O–H groups in total. The molecule has 0 aliphatic heterocycles. The number of benzene rings is 1. The molecule has 0 bridgehead atoms. The Labute approximate surface area is 119 Å². The van der Waals surface area contributed by atoms with E-state index in [0.29, 0.717) is 5.92 Å². The molecule has 4 nitrogen and oxygen atoms in total. The number of para-hydroxylation sites is 2. The van der Waals surface area contributed by atoms with Crippen LogP contribution in [0.15, 0.2) is 30.5 Å². The van der Waals surface area contributed by atoms with E-state index in [-0.39, 0.29) is 6.10 Å². The predicted molar refractivity (Wildman–Crippen MR) is 79.2 cm³/mol. The summed E-state index contributed by atoms with van der Waals surface area (Å²) in [5.74, 6) is 0.590. The van der Waals surface area contributed by atoms with E-state index in [1.807, 2.05) is 30.5 Å². The average Bonchev–Trinajstić information content (AvgIpc) is 2.47. The fourth-order valence-electron chi connectivity index (χ4n) is 2.93. The van der Waals surface area contributed by atoms with Gasteiger partial charge in [-0.25, -0.2) is 4.98 Å². The number of hydrogen-bond acceptors (Lipinski definition) is 4. The summed E-state index contributed by atoms with van der Waals surface area (Å²) in [6.07, 6.45) is 5.99. The predicted octanol–water partition coefficient (Wildman–Crippen LogP) is 2.27. The van der Waals surface area contributed by atoms with Crippen molar-refractivity contribution in [2.24, 2.45) is 5.92 Å². The van der Waals surface area contributed by atoms with Crippen molar-refractivity contribution in [2.75, 3.05) is 6.54 Å². The first-order valence-electron chi connectivity index (χ1n) is 7.41. The lowest BCUT2D eigenvalue weighted by molar-refractivity contribution is 0.101. The smallest absolute Gasteiger partial charge is 0.0890 e. The van der Waals surface area contributed by atoms with Crippen molar-refractivity contribution in [3.8, 4) is 0 Å². The number of aliphatic hydroxyl groups excluding tert-OH is 1. The zero-order chi connectivity index (χ0) is 13.8. The highest BCUT2D eigenvalue weighted by Crippen LogP contribution is 2.23. The average molecular weight is 271 g/mol. The molecule has 1 saturated carbocycles. The molecule has 106 valence electrons. The minimum Gasteiger partial charge on any atom is -0.393 e. The molecule has 2 aromatic rings. The first-order chi connectivity index (χ1) is 9.81. The molecule has 0 saturated heterocycles. The highest BCUT2D eigenvalue weighted by molar-refractivity contribution is 5.73. The van der Waals surface area contributed by atoms with Crippen LogP contribution in [0.3, 0.4) is 0 Å². The Bertz CT molecular complexity index is 572. The second kappa shape index (κ2) is 6.29. The van der Waals surface area contributed by atoms with Crippen molar-refractivity contribution >= 4 is 11.0 Å². The van der Waals surface area contributed by atoms with Crippen LogP contribution in [0.2, 0.25) is 0 Å². The minimum atomic E-state index is -0.101. The molecule has 2 unspecified atom stereocenters. The third-order valence-electron chi connectivity index (χ3n) is 3.99. The van der Waals surface area contributed by atoms with Gasteiger partial charge in [-0.1, -0.05) is 18.6 Å². The largest absolute Gasteiger partial charge is 0.393 e. The van der Waals surface area contributed by atoms with Crippen molar-refractivity contribution in [2.45, 2.75) is 38.3 Å². The van der Waals surface area contributed by atoms with Crippen molar-refractivity contribution in [1.29, 1.82) is 0 Å². The van der Waals surface area contributed by atoms with E-state index >= 15 is 0 Å². The fourth-order valence-corrected chi connectivity index (χ4v) is 2.93. The lowest BCUT2D eigenvalue weighted by atomic mass is 9.87. The van der Waals surface area contributed by atoms with Gasteiger partial charge in [0.25, 0.3) is 0 Å². The molecule has 1 heterocycles. The number of aliphatic hydroxyl groups is 1. The van der Waals surface area contributed by atoms with Crippen LogP contribution in [0.25, 0.3) is 11.0 Å². The Hall–Kier alpha value is -1.52. The Kier molecular flexibility index (Phi) is 4.23. The van der Waals surface area contributed by atoms with E-state index in [1.54, 1.807) is 0 Å². The molecule has 3 rings (SSSR count). The molecular weight excluding hydrogens is 250 g/mol. The van der Waals surface area contributed by atoms with Crippen LogP contribution in [-0.4, -0.2) is 27.7 Å². The SMILES string of the molecule is OC1CCCC(CNCc2cnc3ccccc3n2)C1. The first kappa shape index (κ1) is 13.5. The third kappa shape index (κ3) is 3.32. The lowest BCUT2D eigenvalue weighted by Crippen LogP contribution is -2.29. The molecule has 2 atom stereocenters. The molecule has 4 heteroatoms. The molecule has 1 aliphatic rings. The summed E-state index contributed by atoms with van der Waals surface area (Å²) in [4.78, 5) is 9.01. The van der Waals surface area contributed by atoms with Gasteiger partial charge in [-0.15, -0.1) is 0 Å². The molecule has 0 amide bonds. The molecule has 1 aliphatic carbocycles. The van der Waals surface area contributed by atoms with E-state index in [9.17, 15) is 5.11 Å². The highest BCUT2D eigenvalue weighted by atomic mass is 16.3. The Morgan fingerprint density at radius 2 is 2.05 bits per heavy atom. The van der Waals surface area contributed by atoms with Crippen molar-refractivity contribution in [1.82, 2.24) is 15.3 Å². The summed E-state index contributed by atoms with van der Waals surface area (Å²) in [5.41, 5.74) is 2.85. The van der Waals surface area contributed by atoms with Crippen LogP contribution < -0.4 is 5.32 Å². The molecular formula is C16H21N3O. The van der Waals surface area contributed by atoms with Crippen LogP contribution in [-0.2, 0) is 6.54 Å². The number of nitrogens with one attached hydrogen (secondary N) is 1. The normalized spacial score (nSPS) is 23.1. The summed E-state index contributed by atoms with van der Waals surface area (Å²) >= 11 is 0. The molecule has 1 aromatic heterocycles. The van der Waals surface area contributed by atoms with E-state index in [1.165, 1.54) is 6.42 Å². The zero-order valence-corrected chi connectivity index (χ0v) is 11.6. The first-order valence-corrected chi connectivity index (χ1v) is 7.41. The summed E-state index contributed by atoms with van der Waals surface area (Å²) in [6.45, 7) is 1.69. The zero-order valence-electron chi connectivity index (χ0n) is 11.6. The van der Waals surface area contributed by atoms with Crippen LogP contribution in [0.5, 0.6) is 0 Å². The van der Waals surface area contributed by atoms with Gasteiger partial charge in [0.05, 0.1) is 29.0 Å². The maximum absolute atomic E-state index is 9.66. The lowest BCUT2D eigenvalue weighted by Gasteiger charge is -2.25. The number of nitrogens with zero attached hydrogens (tertiary/aromatic N) is 2. The Balaban J connectivity index is 1.54. The summed E-state index contributed by atoms with van der Waals surface area (Å²) in [6, 6.07) is 7.92. The van der Waals surface area contributed by atoms with Crippen molar-refractivity contribution in [3.05, 3.63) is 36.2 Å². The van der Waals surface area contributed by atoms with Gasteiger partial charge in [0.15, 0.2) is 0 Å².